The average molecular weight is 661 g/mol. The molecule has 1 atom stereocenters. The van der Waals surface area contributed by atoms with E-state index in [4.69, 9.17) is 21.2 Å². The summed E-state index contributed by atoms with van der Waals surface area (Å²) in [7, 11) is 1.62. The minimum absolute atomic E-state index is 0.0414. The van der Waals surface area contributed by atoms with Crippen molar-refractivity contribution in [2.75, 3.05) is 73.6 Å². The molecule has 12 nitrogen and oxygen atoms in total. The molecular weight excluding hydrogens is 620 g/mol. The molecular formula is C34H41ClN8O4. The number of hydrogen-bond acceptors (Lipinski definition) is 10. The lowest BCUT2D eigenvalue weighted by molar-refractivity contribution is -0.131. The van der Waals surface area contributed by atoms with Crippen LogP contribution < -0.4 is 25.3 Å². The third kappa shape index (κ3) is 7.45. The number of rotatable bonds is 9. The van der Waals surface area contributed by atoms with Gasteiger partial charge >= 0.3 is 0 Å². The molecule has 248 valence electrons. The van der Waals surface area contributed by atoms with Gasteiger partial charge in [0.15, 0.2) is 5.82 Å². The van der Waals surface area contributed by atoms with Gasteiger partial charge in [-0.25, -0.2) is 15.0 Å². The Morgan fingerprint density at radius 1 is 1.02 bits per heavy atom. The van der Waals surface area contributed by atoms with Crippen LogP contribution in [0.2, 0.25) is 5.02 Å². The summed E-state index contributed by atoms with van der Waals surface area (Å²) < 4.78 is 5.84. The summed E-state index contributed by atoms with van der Waals surface area (Å²) in [6.07, 6.45) is 5.50. The van der Waals surface area contributed by atoms with E-state index in [-0.39, 0.29) is 17.9 Å². The fourth-order valence-corrected chi connectivity index (χ4v) is 6.84. The first-order valence-corrected chi connectivity index (χ1v) is 16.4. The SMILES string of the molecule is C=CC(=O)Nc1cc(Nc2cc(N3OCC[C@@H]3c3cccc(Cl)c3)ncn2)c(OC)cc1N1CCC(N2CCN(C(C)=O)CC2)CC1. The first kappa shape index (κ1) is 32.5. The van der Waals surface area contributed by atoms with Crippen molar-refractivity contribution in [3.8, 4) is 5.75 Å². The predicted octanol–water partition coefficient (Wildman–Crippen LogP) is 5.02. The number of halogens is 1. The number of hydrogen-bond donors (Lipinski definition) is 2. The van der Waals surface area contributed by atoms with Gasteiger partial charge in [-0.1, -0.05) is 30.3 Å². The molecule has 4 heterocycles. The largest absolute Gasteiger partial charge is 0.494 e. The molecule has 0 unspecified atom stereocenters. The average Bonchev–Trinajstić information content (AvgIpc) is 3.59. The number of aromatic nitrogens is 2. The van der Waals surface area contributed by atoms with E-state index < -0.39 is 0 Å². The molecule has 2 amide bonds. The molecule has 3 aromatic rings. The topological polar surface area (TPSA) is 115 Å². The van der Waals surface area contributed by atoms with Crippen molar-refractivity contribution in [2.24, 2.45) is 0 Å². The fraction of sp³-hybridized carbons (Fsp3) is 0.412. The second kappa shape index (κ2) is 14.6. The Kier molecular flexibility index (Phi) is 10.1. The molecule has 2 N–H and O–H groups in total. The minimum atomic E-state index is -0.303. The van der Waals surface area contributed by atoms with E-state index in [0.717, 1.165) is 69.8 Å². The van der Waals surface area contributed by atoms with Crippen molar-refractivity contribution in [2.45, 2.75) is 38.3 Å². The summed E-state index contributed by atoms with van der Waals surface area (Å²) in [5, 5.41) is 8.82. The first-order valence-electron chi connectivity index (χ1n) is 16.0. The van der Waals surface area contributed by atoms with Gasteiger partial charge in [0, 0.05) is 75.8 Å². The van der Waals surface area contributed by atoms with E-state index >= 15 is 0 Å². The number of nitrogens with one attached hydrogen (secondary N) is 2. The van der Waals surface area contributed by atoms with Crippen LogP contribution in [0.4, 0.5) is 28.7 Å². The van der Waals surface area contributed by atoms with E-state index in [0.29, 0.717) is 46.4 Å². The molecule has 2 aromatic carbocycles. The third-order valence-electron chi connectivity index (χ3n) is 9.12. The van der Waals surface area contributed by atoms with Crippen LogP contribution in [0.5, 0.6) is 5.75 Å². The van der Waals surface area contributed by atoms with Crippen molar-refractivity contribution >= 4 is 52.1 Å². The monoisotopic (exact) mass is 660 g/mol. The van der Waals surface area contributed by atoms with E-state index in [1.165, 1.54) is 12.4 Å². The van der Waals surface area contributed by atoms with Gasteiger partial charge in [-0.3, -0.25) is 19.3 Å². The quantitative estimate of drug-likeness (QED) is 0.303. The van der Waals surface area contributed by atoms with Crippen molar-refractivity contribution < 1.29 is 19.2 Å². The fourth-order valence-electron chi connectivity index (χ4n) is 6.64. The van der Waals surface area contributed by atoms with Gasteiger partial charge in [-0.15, -0.1) is 0 Å². The molecule has 47 heavy (non-hydrogen) atoms. The summed E-state index contributed by atoms with van der Waals surface area (Å²) in [6, 6.07) is 13.8. The Hall–Kier alpha value is -4.39. The zero-order valence-electron chi connectivity index (χ0n) is 26.8. The van der Waals surface area contributed by atoms with Crippen LogP contribution in [0.3, 0.4) is 0 Å². The number of benzene rings is 2. The number of methoxy groups -OCH3 is 1. The zero-order valence-corrected chi connectivity index (χ0v) is 27.6. The van der Waals surface area contributed by atoms with Gasteiger partial charge in [0.25, 0.3) is 0 Å². The van der Waals surface area contributed by atoms with E-state index in [9.17, 15) is 9.59 Å². The summed E-state index contributed by atoms with van der Waals surface area (Å²) in [5.74, 6) is 1.58. The molecule has 0 aliphatic carbocycles. The molecule has 0 radical (unpaired) electrons. The lowest BCUT2D eigenvalue weighted by Crippen LogP contribution is -2.54. The number of ether oxygens (including phenoxy) is 1. The van der Waals surface area contributed by atoms with Gasteiger partial charge in [0.05, 0.1) is 36.8 Å². The number of nitrogens with zero attached hydrogens (tertiary/aromatic N) is 6. The van der Waals surface area contributed by atoms with Crippen LogP contribution in [-0.4, -0.2) is 90.6 Å². The molecule has 0 saturated carbocycles. The lowest BCUT2D eigenvalue weighted by atomic mass is 10.0. The summed E-state index contributed by atoms with van der Waals surface area (Å²) in [4.78, 5) is 46.0. The smallest absolute Gasteiger partial charge is 0.247 e. The standard InChI is InChI=1S/C34H41ClN8O4/c1-4-34(45)39-27-19-28(38-32-21-33(37-22-36-32)43-29(10-17-47-43)24-6-5-7-25(35)18-24)31(46-3)20-30(27)42-11-8-26(9-12-42)41-15-13-40(14-16-41)23(2)44/h4-7,18-22,26,29H,1,8-17H2,2-3H3,(H,39,45)(H,36,37,38)/t29-/m1/s1. The normalized spacial score (nSPS) is 19.0. The summed E-state index contributed by atoms with van der Waals surface area (Å²) in [5.41, 5.74) is 3.19. The Morgan fingerprint density at radius 3 is 2.51 bits per heavy atom. The number of carbonyl (C=O) groups is 2. The number of amides is 2. The Balaban J connectivity index is 1.20. The molecule has 0 spiro atoms. The minimum Gasteiger partial charge on any atom is -0.494 e. The van der Waals surface area contributed by atoms with Crippen LogP contribution in [0, 0.1) is 0 Å². The van der Waals surface area contributed by atoms with E-state index in [1.807, 2.05) is 47.4 Å². The number of carbonyl (C=O) groups excluding carboxylic acids is 2. The van der Waals surface area contributed by atoms with Crippen molar-refractivity contribution in [3.63, 3.8) is 0 Å². The van der Waals surface area contributed by atoms with Crippen LogP contribution in [0.25, 0.3) is 0 Å². The number of piperidine rings is 1. The predicted molar refractivity (Wildman–Crippen MR) is 183 cm³/mol. The Morgan fingerprint density at radius 2 is 1.81 bits per heavy atom. The van der Waals surface area contributed by atoms with Gasteiger partial charge in [0.1, 0.15) is 17.9 Å². The molecule has 3 fully saturated rings. The number of hydroxylamine groups is 1. The molecule has 0 bridgehead atoms. The Labute approximate surface area is 280 Å². The second-order valence-electron chi connectivity index (χ2n) is 11.9. The molecule has 3 saturated heterocycles. The summed E-state index contributed by atoms with van der Waals surface area (Å²) >= 11 is 6.27. The molecule has 3 aliphatic heterocycles. The maximum atomic E-state index is 12.6. The van der Waals surface area contributed by atoms with Crippen LogP contribution in [0.15, 0.2) is 61.4 Å². The highest BCUT2D eigenvalue weighted by Crippen LogP contribution is 2.41. The third-order valence-corrected chi connectivity index (χ3v) is 9.36. The highest BCUT2D eigenvalue weighted by molar-refractivity contribution is 6.30. The van der Waals surface area contributed by atoms with Crippen molar-refractivity contribution in [1.82, 2.24) is 19.8 Å². The van der Waals surface area contributed by atoms with Crippen LogP contribution in [-0.2, 0) is 14.4 Å². The maximum Gasteiger partial charge on any atom is 0.247 e. The van der Waals surface area contributed by atoms with Crippen molar-refractivity contribution in [1.29, 1.82) is 0 Å². The van der Waals surface area contributed by atoms with Gasteiger partial charge in [0.2, 0.25) is 11.8 Å². The number of anilines is 5. The molecule has 6 rings (SSSR count). The molecule has 1 aromatic heterocycles. The molecule has 3 aliphatic rings. The highest BCUT2D eigenvalue weighted by atomic mass is 35.5. The Bertz CT molecular complexity index is 1610. The van der Waals surface area contributed by atoms with Crippen LogP contribution in [0.1, 0.15) is 37.8 Å². The zero-order chi connectivity index (χ0) is 32.9. The highest BCUT2D eigenvalue weighted by Gasteiger charge is 2.31. The van der Waals surface area contributed by atoms with Gasteiger partial charge in [-0.05, 0) is 42.7 Å². The second-order valence-corrected chi connectivity index (χ2v) is 12.4. The molecule has 13 heteroatoms. The van der Waals surface area contributed by atoms with Gasteiger partial charge in [-0.2, -0.15) is 0 Å². The van der Waals surface area contributed by atoms with Crippen molar-refractivity contribution in [3.05, 3.63) is 72.0 Å². The lowest BCUT2D eigenvalue weighted by Gasteiger charge is -2.43. The number of piperazine rings is 1. The van der Waals surface area contributed by atoms with Gasteiger partial charge < -0.3 is 25.2 Å². The van der Waals surface area contributed by atoms with E-state index in [2.05, 4.69) is 37.0 Å². The van der Waals surface area contributed by atoms with E-state index in [1.54, 1.807) is 19.1 Å². The summed E-state index contributed by atoms with van der Waals surface area (Å²) in [6.45, 7) is 10.8. The van der Waals surface area contributed by atoms with Crippen LogP contribution >= 0.6 is 11.6 Å². The maximum absolute atomic E-state index is 12.6. The first-order chi connectivity index (χ1) is 22.8.